The van der Waals surface area contributed by atoms with Gasteiger partial charge in [-0.25, -0.2) is 4.98 Å². The number of aryl methyl sites for hydroxylation is 1. The molecule has 4 rings (SSSR count). The van der Waals surface area contributed by atoms with Crippen molar-refractivity contribution >= 4 is 29.0 Å². The van der Waals surface area contributed by atoms with Crippen LogP contribution in [-0.2, 0) is 0 Å². The van der Waals surface area contributed by atoms with E-state index in [1.54, 1.807) is 11.8 Å². The minimum atomic E-state index is 0.732. The molecule has 4 aromatic rings. The van der Waals surface area contributed by atoms with Crippen molar-refractivity contribution in [3.63, 3.8) is 0 Å². The number of rotatable bonds is 3. The molecular weight excluding hydrogens is 336 g/mol. The largest absolute Gasteiger partial charge is 0.294 e. The van der Waals surface area contributed by atoms with Crippen LogP contribution in [0.25, 0.3) is 16.9 Å². The lowest BCUT2D eigenvalue weighted by Gasteiger charge is -2.05. The van der Waals surface area contributed by atoms with Crippen LogP contribution < -0.4 is 0 Å². The normalized spacial score (nSPS) is 11.1. The second-order valence-electron chi connectivity index (χ2n) is 5.62. The van der Waals surface area contributed by atoms with Gasteiger partial charge in [-0.2, -0.15) is 0 Å². The summed E-state index contributed by atoms with van der Waals surface area (Å²) in [6.45, 7) is 2.08. The summed E-state index contributed by atoms with van der Waals surface area (Å²) in [5.41, 5.74) is 4.20. The van der Waals surface area contributed by atoms with Crippen LogP contribution in [-0.4, -0.2) is 9.38 Å². The number of pyridine rings is 1. The van der Waals surface area contributed by atoms with Crippen LogP contribution in [0.2, 0.25) is 5.02 Å². The molecule has 0 aliphatic rings. The van der Waals surface area contributed by atoms with Gasteiger partial charge in [-0.05, 0) is 48.9 Å². The minimum Gasteiger partial charge on any atom is -0.294 e. The second kappa shape index (κ2) is 6.34. The lowest BCUT2D eigenvalue weighted by Crippen LogP contribution is -1.88. The van der Waals surface area contributed by atoms with E-state index in [-0.39, 0.29) is 0 Å². The van der Waals surface area contributed by atoms with Gasteiger partial charge in [0, 0.05) is 21.7 Å². The zero-order valence-electron chi connectivity index (χ0n) is 13.1. The third kappa shape index (κ3) is 2.93. The summed E-state index contributed by atoms with van der Waals surface area (Å²) in [7, 11) is 0. The molecule has 2 aromatic heterocycles. The highest BCUT2D eigenvalue weighted by Gasteiger charge is 2.15. The topological polar surface area (TPSA) is 17.3 Å². The van der Waals surface area contributed by atoms with E-state index in [0.717, 1.165) is 27.0 Å². The number of hydrogen-bond acceptors (Lipinski definition) is 2. The summed E-state index contributed by atoms with van der Waals surface area (Å²) >= 11 is 7.76. The van der Waals surface area contributed by atoms with Gasteiger partial charge in [0.1, 0.15) is 16.4 Å². The lowest BCUT2D eigenvalue weighted by molar-refractivity contribution is 1.04. The van der Waals surface area contributed by atoms with Crippen molar-refractivity contribution in [1.82, 2.24) is 9.38 Å². The van der Waals surface area contributed by atoms with Crippen molar-refractivity contribution in [2.45, 2.75) is 16.8 Å². The number of aromatic nitrogens is 2. The average molecular weight is 351 g/mol. The summed E-state index contributed by atoms with van der Waals surface area (Å²) in [5, 5.41) is 1.84. The number of benzene rings is 2. The van der Waals surface area contributed by atoms with E-state index in [1.807, 2.05) is 30.3 Å². The third-order valence-corrected chi connectivity index (χ3v) is 5.16. The monoisotopic (exact) mass is 350 g/mol. The molecule has 24 heavy (non-hydrogen) atoms. The molecule has 0 aliphatic carbocycles. The van der Waals surface area contributed by atoms with Gasteiger partial charge >= 0.3 is 0 Å². The molecule has 0 bridgehead atoms. The molecule has 4 heteroatoms. The highest BCUT2D eigenvalue weighted by molar-refractivity contribution is 7.99. The predicted octanol–water partition coefficient (Wildman–Crippen LogP) is 6.11. The van der Waals surface area contributed by atoms with E-state index in [4.69, 9.17) is 16.6 Å². The molecule has 0 aliphatic heterocycles. The Kier molecular flexibility index (Phi) is 4.05. The minimum absolute atomic E-state index is 0.732. The fraction of sp³-hybridized carbons (Fsp3) is 0.0500. The van der Waals surface area contributed by atoms with Crippen LogP contribution in [0.1, 0.15) is 5.56 Å². The Bertz CT molecular complexity index is 992. The van der Waals surface area contributed by atoms with E-state index in [2.05, 4.69) is 53.9 Å². The molecule has 0 unspecified atom stereocenters. The average Bonchev–Trinajstić information content (AvgIpc) is 2.94. The first-order chi connectivity index (χ1) is 11.7. The fourth-order valence-electron chi connectivity index (χ4n) is 2.62. The highest BCUT2D eigenvalue weighted by atomic mass is 35.5. The maximum atomic E-state index is 6.04. The maximum absolute atomic E-state index is 6.04. The second-order valence-corrected chi connectivity index (χ2v) is 7.12. The van der Waals surface area contributed by atoms with E-state index < -0.39 is 0 Å². The smallest absolute Gasteiger partial charge is 0.138 e. The molecule has 2 aromatic carbocycles. The predicted molar refractivity (Wildman–Crippen MR) is 101 cm³/mol. The Morgan fingerprint density at radius 2 is 1.71 bits per heavy atom. The molecule has 0 radical (unpaired) electrons. The molecule has 0 spiro atoms. The zero-order chi connectivity index (χ0) is 16.5. The van der Waals surface area contributed by atoms with E-state index in [0.29, 0.717) is 0 Å². The molecule has 0 N–H and O–H groups in total. The first kappa shape index (κ1) is 15.3. The Labute approximate surface area is 150 Å². The third-order valence-electron chi connectivity index (χ3n) is 3.81. The Morgan fingerprint density at radius 1 is 0.958 bits per heavy atom. The van der Waals surface area contributed by atoms with Crippen molar-refractivity contribution in [2.75, 3.05) is 0 Å². The Morgan fingerprint density at radius 3 is 2.46 bits per heavy atom. The van der Waals surface area contributed by atoms with Gasteiger partial charge in [0.2, 0.25) is 0 Å². The molecule has 118 valence electrons. The summed E-state index contributed by atoms with van der Waals surface area (Å²) in [6.07, 6.45) is 2.09. The number of nitrogens with zero attached hydrogens (tertiary/aromatic N) is 2. The van der Waals surface area contributed by atoms with Gasteiger partial charge in [-0.1, -0.05) is 53.7 Å². The van der Waals surface area contributed by atoms with Gasteiger partial charge in [-0.15, -0.1) is 0 Å². The summed E-state index contributed by atoms with van der Waals surface area (Å²) in [4.78, 5) is 6.06. The molecule has 0 saturated heterocycles. The molecule has 2 nitrogen and oxygen atoms in total. The highest BCUT2D eigenvalue weighted by Crippen LogP contribution is 2.36. The van der Waals surface area contributed by atoms with Crippen LogP contribution in [0.4, 0.5) is 0 Å². The first-order valence-electron chi connectivity index (χ1n) is 7.68. The number of halogens is 1. The summed E-state index contributed by atoms with van der Waals surface area (Å²) in [6, 6.07) is 22.4. The van der Waals surface area contributed by atoms with Crippen LogP contribution in [0.5, 0.6) is 0 Å². The molecule has 0 fully saturated rings. The van der Waals surface area contributed by atoms with Crippen molar-refractivity contribution in [2.24, 2.45) is 0 Å². The number of fused-ring (bicyclic) bond motifs is 1. The van der Waals surface area contributed by atoms with Crippen molar-refractivity contribution in [1.29, 1.82) is 0 Å². The quantitative estimate of drug-likeness (QED) is 0.443. The van der Waals surface area contributed by atoms with Gasteiger partial charge in [0.15, 0.2) is 0 Å². The molecule has 0 atom stereocenters. The Balaban J connectivity index is 1.91. The standard InChI is InChI=1S/C20H15ClN2S/c1-14-11-12-23-18(13-14)22-19(15-7-9-16(21)10-8-15)20(23)24-17-5-3-2-4-6-17/h2-13H,1H3. The van der Waals surface area contributed by atoms with E-state index >= 15 is 0 Å². The van der Waals surface area contributed by atoms with Gasteiger partial charge in [0.25, 0.3) is 0 Å². The van der Waals surface area contributed by atoms with Gasteiger partial charge in [-0.3, -0.25) is 4.40 Å². The van der Waals surface area contributed by atoms with Crippen molar-refractivity contribution < 1.29 is 0 Å². The number of hydrogen-bond donors (Lipinski definition) is 0. The van der Waals surface area contributed by atoms with Gasteiger partial charge in [0.05, 0.1) is 0 Å². The Hall–Kier alpha value is -2.23. The molecule has 2 heterocycles. The lowest BCUT2D eigenvalue weighted by atomic mass is 10.2. The molecular formula is C20H15ClN2S. The zero-order valence-corrected chi connectivity index (χ0v) is 14.7. The fourth-order valence-corrected chi connectivity index (χ4v) is 3.77. The van der Waals surface area contributed by atoms with Crippen molar-refractivity contribution in [3.8, 4) is 11.3 Å². The summed E-state index contributed by atoms with van der Waals surface area (Å²) < 4.78 is 2.15. The van der Waals surface area contributed by atoms with E-state index in [9.17, 15) is 0 Å². The molecule has 0 amide bonds. The van der Waals surface area contributed by atoms with Crippen LogP contribution in [0.3, 0.4) is 0 Å². The first-order valence-corrected chi connectivity index (χ1v) is 8.88. The maximum Gasteiger partial charge on any atom is 0.138 e. The van der Waals surface area contributed by atoms with E-state index in [1.165, 1.54) is 10.5 Å². The summed E-state index contributed by atoms with van der Waals surface area (Å²) in [5.74, 6) is 0. The number of imidazole rings is 1. The van der Waals surface area contributed by atoms with Gasteiger partial charge < -0.3 is 0 Å². The SMILES string of the molecule is Cc1ccn2c(Sc3ccccc3)c(-c3ccc(Cl)cc3)nc2c1. The van der Waals surface area contributed by atoms with Crippen LogP contribution in [0.15, 0.2) is 82.8 Å². The van der Waals surface area contributed by atoms with Crippen molar-refractivity contribution in [3.05, 3.63) is 83.5 Å². The molecule has 0 saturated carbocycles. The van der Waals surface area contributed by atoms with Crippen LogP contribution in [0, 0.1) is 6.92 Å². The van der Waals surface area contributed by atoms with Crippen LogP contribution >= 0.6 is 23.4 Å².